The molecule has 0 amide bonds. The molecule has 0 bridgehead atoms. The Balaban J connectivity index is 3.34. The molecule has 0 aliphatic heterocycles. The first-order valence-electron chi connectivity index (χ1n) is 3.13. The Kier molecular flexibility index (Phi) is 4.58. The maximum absolute atomic E-state index is 10.5. The molecule has 1 atom stereocenters. The Morgan fingerprint density at radius 3 is 2.90 bits per heavy atom. The molecular weight excluding hydrogens is 130 g/mol. The second kappa shape index (κ2) is 4.99. The fourth-order valence-corrected chi connectivity index (χ4v) is 0.400. The molecule has 0 aliphatic carbocycles. The molecule has 0 aromatic rings. The molecule has 0 saturated heterocycles. The summed E-state index contributed by atoms with van der Waals surface area (Å²) in [6.07, 6.45) is 1.73. The molecule has 58 valence electrons. The third-order valence-electron chi connectivity index (χ3n) is 1.15. The number of rotatable bonds is 4. The Hall–Kier alpha value is -0.830. The van der Waals surface area contributed by atoms with E-state index >= 15 is 0 Å². The van der Waals surface area contributed by atoms with Gasteiger partial charge in [0.05, 0.1) is 13.7 Å². The van der Waals surface area contributed by atoms with Crippen LogP contribution in [0.2, 0.25) is 0 Å². The third-order valence-corrected chi connectivity index (χ3v) is 1.15. The molecule has 0 heterocycles. The van der Waals surface area contributed by atoms with Gasteiger partial charge in [-0.2, -0.15) is 0 Å². The maximum atomic E-state index is 10.5. The van der Waals surface area contributed by atoms with E-state index in [9.17, 15) is 4.79 Å². The SMILES string of the molecule is C=CC(C)NCC(=O)OC. The number of hydrogen-bond acceptors (Lipinski definition) is 3. The topological polar surface area (TPSA) is 38.3 Å². The largest absolute Gasteiger partial charge is 0.468 e. The average Bonchev–Trinajstić information content (AvgIpc) is 1.99. The van der Waals surface area contributed by atoms with Crippen molar-refractivity contribution in [1.82, 2.24) is 5.32 Å². The molecule has 10 heavy (non-hydrogen) atoms. The highest BCUT2D eigenvalue weighted by Gasteiger charge is 2.00. The molecule has 0 aliphatic rings. The number of nitrogens with one attached hydrogen (secondary N) is 1. The van der Waals surface area contributed by atoms with Gasteiger partial charge in [0.25, 0.3) is 0 Å². The van der Waals surface area contributed by atoms with Crippen LogP contribution in [0.25, 0.3) is 0 Å². The predicted molar refractivity (Wildman–Crippen MR) is 39.7 cm³/mol. The van der Waals surface area contributed by atoms with E-state index in [2.05, 4.69) is 16.6 Å². The van der Waals surface area contributed by atoms with Gasteiger partial charge in [-0.3, -0.25) is 4.79 Å². The minimum absolute atomic E-state index is 0.152. The summed E-state index contributed by atoms with van der Waals surface area (Å²) in [7, 11) is 1.36. The summed E-state index contributed by atoms with van der Waals surface area (Å²) in [5.41, 5.74) is 0. The lowest BCUT2D eigenvalue weighted by atomic mass is 10.3. The number of methoxy groups -OCH3 is 1. The number of esters is 1. The summed E-state index contributed by atoms with van der Waals surface area (Å²) < 4.78 is 4.41. The first kappa shape index (κ1) is 9.17. The van der Waals surface area contributed by atoms with Crippen molar-refractivity contribution in [2.75, 3.05) is 13.7 Å². The minimum atomic E-state index is -0.256. The highest BCUT2D eigenvalue weighted by Crippen LogP contribution is 1.80. The molecule has 0 saturated carbocycles. The Bertz CT molecular complexity index is 123. The summed E-state index contributed by atoms with van der Waals surface area (Å²) in [6.45, 7) is 5.70. The van der Waals surface area contributed by atoms with E-state index in [1.807, 2.05) is 6.92 Å². The standard InChI is InChI=1S/C7H13NO2/c1-4-6(2)8-5-7(9)10-3/h4,6,8H,1,5H2,2-3H3. The van der Waals surface area contributed by atoms with Gasteiger partial charge in [0.2, 0.25) is 0 Å². The van der Waals surface area contributed by atoms with Crippen LogP contribution in [0.15, 0.2) is 12.7 Å². The van der Waals surface area contributed by atoms with E-state index in [1.165, 1.54) is 7.11 Å². The number of carbonyl (C=O) groups excluding carboxylic acids is 1. The van der Waals surface area contributed by atoms with Gasteiger partial charge >= 0.3 is 5.97 Å². The van der Waals surface area contributed by atoms with Crippen molar-refractivity contribution in [3.63, 3.8) is 0 Å². The molecule has 0 fully saturated rings. The van der Waals surface area contributed by atoms with Gasteiger partial charge < -0.3 is 10.1 Å². The smallest absolute Gasteiger partial charge is 0.319 e. The Labute approximate surface area is 61.1 Å². The molecule has 0 aromatic heterocycles. The molecule has 0 aromatic carbocycles. The fourth-order valence-electron chi connectivity index (χ4n) is 0.400. The average molecular weight is 143 g/mol. The molecule has 1 N–H and O–H groups in total. The summed E-state index contributed by atoms with van der Waals surface area (Å²) in [6, 6.07) is 0.152. The molecule has 0 rings (SSSR count). The minimum Gasteiger partial charge on any atom is -0.468 e. The van der Waals surface area contributed by atoms with E-state index in [0.29, 0.717) is 0 Å². The zero-order valence-corrected chi connectivity index (χ0v) is 6.39. The lowest BCUT2D eigenvalue weighted by Crippen LogP contribution is -2.30. The highest BCUT2D eigenvalue weighted by molar-refractivity contribution is 5.71. The molecule has 1 unspecified atom stereocenters. The number of hydrogen-bond donors (Lipinski definition) is 1. The van der Waals surface area contributed by atoms with Crippen molar-refractivity contribution in [1.29, 1.82) is 0 Å². The van der Waals surface area contributed by atoms with Crippen LogP contribution in [0.5, 0.6) is 0 Å². The summed E-state index contributed by atoms with van der Waals surface area (Å²) in [5, 5.41) is 2.89. The van der Waals surface area contributed by atoms with Gasteiger partial charge in [-0.1, -0.05) is 6.08 Å². The zero-order chi connectivity index (χ0) is 7.98. The van der Waals surface area contributed by atoms with Gasteiger partial charge in [-0.25, -0.2) is 0 Å². The fraction of sp³-hybridized carbons (Fsp3) is 0.571. The van der Waals surface area contributed by atoms with Gasteiger partial charge in [-0.05, 0) is 6.92 Å². The van der Waals surface area contributed by atoms with E-state index in [4.69, 9.17) is 0 Å². The first-order valence-corrected chi connectivity index (χ1v) is 3.13. The predicted octanol–water partition coefficient (Wildman–Crippen LogP) is 0.323. The lowest BCUT2D eigenvalue weighted by Gasteiger charge is -2.06. The number of carbonyl (C=O) groups is 1. The molecular formula is C7H13NO2. The lowest BCUT2D eigenvalue weighted by molar-refractivity contribution is -0.139. The van der Waals surface area contributed by atoms with Crippen LogP contribution in [0.4, 0.5) is 0 Å². The van der Waals surface area contributed by atoms with Crippen LogP contribution in [0.1, 0.15) is 6.92 Å². The van der Waals surface area contributed by atoms with Crippen molar-refractivity contribution < 1.29 is 9.53 Å². The van der Waals surface area contributed by atoms with E-state index in [1.54, 1.807) is 6.08 Å². The van der Waals surface area contributed by atoms with E-state index in [0.717, 1.165) is 0 Å². The summed E-state index contributed by atoms with van der Waals surface area (Å²) in [5.74, 6) is -0.256. The Morgan fingerprint density at radius 1 is 1.90 bits per heavy atom. The molecule has 3 nitrogen and oxygen atoms in total. The van der Waals surface area contributed by atoms with Crippen LogP contribution in [-0.2, 0) is 9.53 Å². The second-order valence-electron chi connectivity index (χ2n) is 1.98. The molecule has 3 heteroatoms. The van der Waals surface area contributed by atoms with Gasteiger partial charge in [-0.15, -0.1) is 6.58 Å². The van der Waals surface area contributed by atoms with Crippen LogP contribution in [0, 0.1) is 0 Å². The molecule has 0 radical (unpaired) electrons. The van der Waals surface area contributed by atoms with Crippen molar-refractivity contribution in [3.8, 4) is 0 Å². The zero-order valence-electron chi connectivity index (χ0n) is 6.39. The van der Waals surface area contributed by atoms with Gasteiger partial charge in [0.15, 0.2) is 0 Å². The van der Waals surface area contributed by atoms with Crippen molar-refractivity contribution >= 4 is 5.97 Å². The maximum Gasteiger partial charge on any atom is 0.319 e. The first-order chi connectivity index (χ1) is 4.70. The monoisotopic (exact) mass is 143 g/mol. The third kappa shape index (κ3) is 4.09. The summed E-state index contributed by atoms with van der Waals surface area (Å²) in [4.78, 5) is 10.5. The van der Waals surface area contributed by atoms with E-state index in [-0.39, 0.29) is 18.6 Å². The van der Waals surface area contributed by atoms with Gasteiger partial charge in [0.1, 0.15) is 0 Å². The van der Waals surface area contributed by atoms with Crippen LogP contribution in [0.3, 0.4) is 0 Å². The normalized spacial score (nSPS) is 12.2. The Morgan fingerprint density at radius 2 is 2.50 bits per heavy atom. The quantitative estimate of drug-likeness (QED) is 0.455. The molecule has 0 spiro atoms. The van der Waals surface area contributed by atoms with Gasteiger partial charge in [0, 0.05) is 6.04 Å². The van der Waals surface area contributed by atoms with Crippen LogP contribution >= 0.6 is 0 Å². The van der Waals surface area contributed by atoms with Crippen LogP contribution in [-0.4, -0.2) is 25.7 Å². The highest BCUT2D eigenvalue weighted by atomic mass is 16.5. The van der Waals surface area contributed by atoms with Crippen LogP contribution < -0.4 is 5.32 Å². The number of ether oxygens (including phenoxy) is 1. The van der Waals surface area contributed by atoms with Crippen molar-refractivity contribution in [2.45, 2.75) is 13.0 Å². The van der Waals surface area contributed by atoms with Crippen molar-refractivity contribution in [2.24, 2.45) is 0 Å². The van der Waals surface area contributed by atoms with Crippen molar-refractivity contribution in [3.05, 3.63) is 12.7 Å². The summed E-state index contributed by atoms with van der Waals surface area (Å²) >= 11 is 0. The second-order valence-corrected chi connectivity index (χ2v) is 1.98. The van der Waals surface area contributed by atoms with E-state index < -0.39 is 0 Å².